The van der Waals surface area contributed by atoms with Crippen LogP contribution < -0.4 is 15.4 Å². The van der Waals surface area contributed by atoms with Gasteiger partial charge < -0.3 is 24.5 Å². The number of ether oxygens (including phenoxy) is 2. The predicted octanol–water partition coefficient (Wildman–Crippen LogP) is 2.24. The smallest absolute Gasteiger partial charge is 0.326 e. The molecule has 1 atom stereocenters. The number of methoxy groups -OCH3 is 1. The SMILES string of the molecule is COc1ccc(Cl)cc1NC(=O)[C@H](C)OC(=O)CNC(=O)c1ccco1. The first kappa shape index (κ1) is 19.3. The van der Waals surface area contributed by atoms with Gasteiger partial charge in [0.15, 0.2) is 11.9 Å². The van der Waals surface area contributed by atoms with Crippen molar-refractivity contribution in [2.24, 2.45) is 0 Å². The van der Waals surface area contributed by atoms with Crippen molar-refractivity contribution >= 4 is 35.1 Å². The fraction of sp³-hybridized carbons (Fsp3) is 0.235. The molecule has 0 aliphatic heterocycles. The molecule has 2 N–H and O–H groups in total. The van der Waals surface area contributed by atoms with Gasteiger partial charge in [0, 0.05) is 5.02 Å². The predicted molar refractivity (Wildman–Crippen MR) is 93.2 cm³/mol. The van der Waals surface area contributed by atoms with Crippen LogP contribution in [-0.4, -0.2) is 37.5 Å². The first-order chi connectivity index (χ1) is 12.4. The molecule has 0 aliphatic rings. The Kier molecular flexibility index (Phi) is 6.62. The molecule has 2 aromatic rings. The fourth-order valence-corrected chi connectivity index (χ4v) is 2.12. The van der Waals surface area contributed by atoms with E-state index in [1.165, 1.54) is 32.4 Å². The van der Waals surface area contributed by atoms with E-state index in [0.717, 1.165) is 0 Å². The summed E-state index contributed by atoms with van der Waals surface area (Å²) in [5, 5.41) is 5.30. The molecule has 0 aliphatic carbocycles. The van der Waals surface area contributed by atoms with Crippen LogP contribution in [0.15, 0.2) is 41.0 Å². The highest BCUT2D eigenvalue weighted by molar-refractivity contribution is 6.31. The quantitative estimate of drug-likeness (QED) is 0.713. The summed E-state index contributed by atoms with van der Waals surface area (Å²) in [6.07, 6.45) is 0.246. The topological polar surface area (TPSA) is 107 Å². The lowest BCUT2D eigenvalue weighted by Gasteiger charge is -2.15. The van der Waals surface area contributed by atoms with Crippen molar-refractivity contribution in [1.82, 2.24) is 5.32 Å². The van der Waals surface area contributed by atoms with Crippen LogP contribution in [0.25, 0.3) is 0 Å². The van der Waals surface area contributed by atoms with Gasteiger partial charge in [0.05, 0.1) is 19.1 Å². The Morgan fingerprint density at radius 2 is 2.04 bits per heavy atom. The maximum Gasteiger partial charge on any atom is 0.326 e. The molecular formula is C17H17ClN2O6. The van der Waals surface area contributed by atoms with Gasteiger partial charge in [0.1, 0.15) is 12.3 Å². The van der Waals surface area contributed by atoms with E-state index in [2.05, 4.69) is 10.6 Å². The van der Waals surface area contributed by atoms with Crippen LogP contribution in [0.3, 0.4) is 0 Å². The van der Waals surface area contributed by atoms with Crippen molar-refractivity contribution < 1.29 is 28.3 Å². The van der Waals surface area contributed by atoms with Crippen molar-refractivity contribution in [2.75, 3.05) is 19.0 Å². The molecule has 0 spiro atoms. The number of halogens is 1. The molecule has 138 valence electrons. The monoisotopic (exact) mass is 380 g/mol. The molecule has 0 unspecified atom stereocenters. The molecule has 2 amide bonds. The van der Waals surface area contributed by atoms with Gasteiger partial charge in [-0.2, -0.15) is 0 Å². The molecule has 0 fully saturated rings. The second-order valence-corrected chi connectivity index (χ2v) is 5.56. The maximum atomic E-state index is 12.2. The van der Waals surface area contributed by atoms with E-state index in [1.807, 2.05) is 0 Å². The molecule has 1 heterocycles. The van der Waals surface area contributed by atoms with Crippen molar-refractivity contribution in [3.8, 4) is 5.75 Å². The van der Waals surface area contributed by atoms with Gasteiger partial charge in [-0.05, 0) is 37.3 Å². The van der Waals surface area contributed by atoms with E-state index in [-0.39, 0.29) is 5.76 Å². The summed E-state index contributed by atoms with van der Waals surface area (Å²) in [4.78, 5) is 35.6. The van der Waals surface area contributed by atoms with Crippen LogP contribution in [0, 0.1) is 0 Å². The number of hydrogen-bond acceptors (Lipinski definition) is 6. The second kappa shape index (κ2) is 8.91. The Morgan fingerprint density at radius 1 is 1.27 bits per heavy atom. The minimum atomic E-state index is -1.09. The third-order valence-electron chi connectivity index (χ3n) is 3.24. The molecule has 1 aromatic carbocycles. The number of carbonyl (C=O) groups is 3. The lowest BCUT2D eigenvalue weighted by molar-refractivity contribution is -0.152. The number of amides is 2. The number of nitrogens with one attached hydrogen (secondary N) is 2. The molecule has 0 radical (unpaired) electrons. The summed E-state index contributed by atoms with van der Waals surface area (Å²) in [7, 11) is 1.45. The van der Waals surface area contributed by atoms with Gasteiger partial charge >= 0.3 is 5.97 Å². The molecule has 9 heteroatoms. The molecule has 1 aromatic heterocycles. The number of furan rings is 1. The molecule has 2 rings (SSSR count). The lowest BCUT2D eigenvalue weighted by Crippen LogP contribution is -2.35. The first-order valence-corrected chi connectivity index (χ1v) is 7.94. The summed E-state index contributed by atoms with van der Waals surface area (Å²) in [5.41, 5.74) is 0.346. The van der Waals surface area contributed by atoms with Crippen molar-refractivity contribution in [2.45, 2.75) is 13.0 Å². The van der Waals surface area contributed by atoms with E-state index in [9.17, 15) is 14.4 Å². The first-order valence-electron chi connectivity index (χ1n) is 7.56. The zero-order valence-electron chi connectivity index (χ0n) is 14.1. The normalized spacial score (nSPS) is 11.3. The van der Waals surface area contributed by atoms with Crippen molar-refractivity contribution in [3.63, 3.8) is 0 Å². The molecule has 0 saturated heterocycles. The number of hydrogen-bond donors (Lipinski definition) is 2. The minimum Gasteiger partial charge on any atom is -0.495 e. The average Bonchev–Trinajstić information content (AvgIpc) is 3.14. The maximum absolute atomic E-state index is 12.2. The van der Waals surface area contributed by atoms with Crippen LogP contribution in [0.5, 0.6) is 5.75 Å². The van der Waals surface area contributed by atoms with Crippen molar-refractivity contribution in [3.05, 3.63) is 47.4 Å². The molecule has 8 nitrogen and oxygen atoms in total. The summed E-state index contributed by atoms with van der Waals surface area (Å²) in [5.74, 6) is -1.43. The van der Waals surface area contributed by atoms with Gasteiger partial charge in [0.25, 0.3) is 11.8 Å². The van der Waals surface area contributed by atoms with Gasteiger partial charge in [-0.25, -0.2) is 0 Å². The lowest BCUT2D eigenvalue weighted by atomic mass is 10.2. The third-order valence-corrected chi connectivity index (χ3v) is 3.47. The average molecular weight is 381 g/mol. The molecule has 0 bridgehead atoms. The summed E-state index contributed by atoms with van der Waals surface area (Å²) >= 11 is 5.89. The number of rotatable bonds is 7. The van der Waals surface area contributed by atoms with E-state index in [4.69, 9.17) is 25.5 Å². The van der Waals surface area contributed by atoms with E-state index in [1.54, 1.807) is 18.2 Å². The minimum absolute atomic E-state index is 0.0663. The number of benzene rings is 1. The van der Waals surface area contributed by atoms with Crippen LogP contribution in [0.1, 0.15) is 17.5 Å². The van der Waals surface area contributed by atoms with Gasteiger partial charge in [-0.3, -0.25) is 14.4 Å². The van der Waals surface area contributed by atoms with Crippen LogP contribution in [0.2, 0.25) is 5.02 Å². The Morgan fingerprint density at radius 3 is 2.69 bits per heavy atom. The Hall–Kier alpha value is -3.00. The zero-order valence-corrected chi connectivity index (χ0v) is 14.8. The zero-order chi connectivity index (χ0) is 19.1. The Bertz CT molecular complexity index is 791. The van der Waals surface area contributed by atoms with Crippen LogP contribution >= 0.6 is 11.6 Å². The van der Waals surface area contributed by atoms with Crippen molar-refractivity contribution in [1.29, 1.82) is 0 Å². The summed E-state index contributed by atoms with van der Waals surface area (Å²) in [6.45, 7) is 0.996. The van der Waals surface area contributed by atoms with Gasteiger partial charge in [-0.15, -0.1) is 0 Å². The summed E-state index contributed by atoms with van der Waals surface area (Å²) < 4.78 is 15.0. The van der Waals surface area contributed by atoms with Gasteiger partial charge in [0.2, 0.25) is 0 Å². The van der Waals surface area contributed by atoms with E-state index < -0.39 is 30.4 Å². The van der Waals surface area contributed by atoms with E-state index >= 15 is 0 Å². The Labute approximate surface area is 154 Å². The third kappa shape index (κ3) is 5.25. The molecular weight excluding hydrogens is 364 g/mol. The van der Waals surface area contributed by atoms with E-state index in [0.29, 0.717) is 16.5 Å². The summed E-state index contributed by atoms with van der Waals surface area (Å²) in [6, 6.07) is 7.72. The number of esters is 1. The Balaban J connectivity index is 1.85. The highest BCUT2D eigenvalue weighted by atomic mass is 35.5. The van der Waals surface area contributed by atoms with Crippen LogP contribution in [0.4, 0.5) is 5.69 Å². The highest BCUT2D eigenvalue weighted by Crippen LogP contribution is 2.27. The number of anilines is 1. The van der Waals surface area contributed by atoms with Crippen LogP contribution in [-0.2, 0) is 14.3 Å². The highest BCUT2D eigenvalue weighted by Gasteiger charge is 2.20. The molecule has 0 saturated carbocycles. The number of carbonyl (C=O) groups excluding carboxylic acids is 3. The fourth-order valence-electron chi connectivity index (χ4n) is 1.95. The van der Waals surface area contributed by atoms with Gasteiger partial charge in [-0.1, -0.05) is 11.6 Å². The molecule has 26 heavy (non-hydrogen) atoms. The second-order valence-electron chi connectivity index (χ2n) is 5.13. The standard InChI is InChI=1S/C17H17ClN2O6/c1-10(16(22)20-12-8-11(18)5-6-13(12)24-2)26-15(21)9-19-17(23)14-4-3-7-25-14/h3-8,10H,9H2,1-2H3,(H,19,23)(H,20,22)/t10-/m0/s1. The largest absolute Gasteiger partial charge is 0.495 e.